The van der Waals surface area contributed by atoms with Crippen LogP contribution in [0.1, 0.15) is 30.4 Å². The van der Waals surface area contributed by atoms with E-state index < -0.39 is 11.4 Å². The lowest BCUT2D eigenvalue weighted by atomic mass is 9.96. The van der Waals surface area contributed by atoms with Crippen LogP contribution in [0, 0.1) is 12.7 Å². The molecule has 1 fully saturated rings. The molecule has 0 aliphatic carbocycles. The molecule has 1 saturated heterocycles. The lowest BCUT2D eigenvalue weighted by Gasteiger charge is -2.27. The van der Waals surface area contributed by atoms with Crippen molar-refractivity contribution in [1.29, 1.82) is 0 Å². The van der Waals surface area contributed by atoms with Gasteiger partial charge in [-0.25, -0.2) is 4.39 Å². The van der Waals surface area contributed by atoms with E-state index in [1.807, 2.05) is 42.2 Å². The molecule has 0 unspecified atom stereocenters. The van der Waals surface area contributed by atoms with Crippen LogP contribution in [0.2, 0.25) is 0 Å². The fourth-order valence-corrected chi connectivity index (χ4v) is 4.34. The maximum Gasteiger partial charge on any atom is 0.165 e. The lowest BCUT2D eigenvalue weighted by Crippen LogP contribution is -2.37. The minimum Gasteiger partial charge on any atom is -0.493 e. The summed E-state index contributed by atoms with van der Waals surface area (Å²) in [6, 6.07) is 12.3. The summed E-state index contributed by atoms with van der Waals surface area (Å²) in [4.78, 5) is 2.32. The number of likely N-dealkylation sites (tertiary alicyclic amines) is 1. The molecule has 1 aromatic heterocycles. The maximum absolute atomic E-state index is 13.9. The molecule has 4 rings (SSSR count). The van der Waals surface area contributed by atoms with Gasteiger partial charge in [-0.05, 0) is 68.1 Å². The van der Waals surface area contributed by atoms with E-state index in [-0.39, 0.29) is 12.4 Å². The minimum absolute atomic E-state index is 0.0814. The third kappa shape index (κ3) is 6.96. The van der Waals surface area contributed by atoms with Crippen LogP contribution in [-0.2, 0) is 13.1 Å². The van der Waals surface area contributed by atoms with Crippen LogP contribution in [0.3, 0.4) is 0 Å². The molecule has 188 valence electrons. The van der Waals surface area contributed by atoms with Crippen LogP contribution in [0.4, 0.5) is 4.39 Å². The number of benzene rings is 2. The van der Waals surface area contributed by atoms with E-state index >= 15 is 0 Å². The molecule has 8 heteroatoms. The van der Waals surface area contributed by atoms with Crippen molar-refractivity contribution >= 4 is 0 Å². The molecule has 35 heavy (non-hydrogen) atoms. The first-order valence-corrected chi connectivity index (χ1v) is 12.0. The summed E-state index contributed by atoms with van der Waals surface area (Å²) in [5.74, 6) is 1.17. The summed E-state index contributed by atoms with van der Waals surface area (Å²) in [6.45, 7) is 5.55. The lowest BCUT2D eigenvalue weighted by molar-refractivity contribution is -0.0177. The number of aliphatic hydroxyl groups is 1. The predicted octanol–water partition coefficient (Wildman–Crippen LogP) is 4.21. The first-order valence-electron chi connectivity index (χ1n) is 12.0. The Kier molecular flexibility index (Phi) is 8.25. The second kappa shape index (κ2) is 11.6. The molecule has 1 atom stereocenters. The molecule has 0 radical (unpaired) electrons. The van der Waals surface area contributed by atoms with E-state index in [4.69, 9.17) is 14.2 Å². The third-order valence-corrected chi connectivity index (χ3v) is 6.32. The van der Waals surface area contributed by atoms with E-state index in [0.29, 0.717) is 37.5 Å². The van der Waals surface area contributed by atoms with Gasteiger partial charge in [0.2, 0.25) is 0 Å². The van der Waals surface area contributed by atoms with Gasteiger partial charge >= 0.3 is 0 Å². The molecule has 2 aromatic carbocycles. The fraction of sp³-hybridized carbons (Fsp3) is 0.444. The summed E-state index contributed by atoms with van der Waals surface area (Å²) >= 11 is 0. The van der Waals surface area contributed by atoms with Gasteiger partial charge in [0.15, 0.2) is 23.1 Å². The highest BCUT2D eigenvalue weighted by Crippen LogP contribution is 2.30. The minimum atomic E-state index is -0.976. The molecule has 2 heterocycles. The average molecular weight is 484 g/mol. The van der Waals surface area contributed by atoms with Gasteiger partial charge in [-0.15, -0.1) is 0 Å². The zero-order valence-corrected chi connectivity index (χ0v) is 20.5. The summed E-state index contributed by atoms with van der Waals surface area (Å²) in [7, 11) is 1.64. The van der Waals surface area contributed by atoms with Gasteiger partial charge in [0.25, 0.3) is 0 Å². The standard InChI is InChI=1S/C27H34FN3O4/c1-21-17-29-31(18-21)14-15-34-26-16-22(8-9-25(26)33-2)19-30-12-5-10-27(32,11-13-30)20-35-24-7-4-3-6-23(24)28/h3-4,6-9,16-18,32H,5,10-15,19-20H2,1-2H3/t27-/m1/s1. The Labute approximate surface area is 206 Å². The highest BCUT2D eigenvalue weighted by Gasteiger charge is 2.31. The van der Waals surface area contributed by atoms with Crippen LogP contribution in [-0.4, -0.2) is 58.8 Å². The highest BCUT2D eigenvalue weighted by molar-refractivity contribution is 5.43. The number of ether oxygens (including phenoxy) is 3. The SMILES string of the molecule is COc1ccc(CN2CCC[C@](O)(COc3ccccc3F)CC2)cc1OCCn1cc(C)cn1. The number of aryl methyl sites for hydroxylation is 1. The van der Waals surface area contributed by atoms with E-state index in [2.05, 4.69) is 10.00 Å². The fourth-order valence-electron chi connectivity index (χ4n) is 4.34. The molecule has 0 saturated carbocycles. The normalized spacial score (nSPS) is 18.7. The highest BCUT2D eigenvalue weighted by atomic mass is 19.1. The Morgan fingerprint density at radius 1 is 1.06 bits per heavy atom. The Balaban J connectivity index is 1.32. The van der Waals surface area contributed by atoms with Gasteiger partial charge < -0.3 is 19.3 Å². The van der Waals surface area contributed by atoms with E-state index in [0.717, 1.165) is 37.2 Å². The molecule has 0 amide bonds. The average Bonchev–Trinajstić information content (AvgIpc) is 3.17. The van der Waals surface area contributed by atoms with E-state index in [1.54, 1.807) is 25.3 Å². The topological polar surface area (TPSA) is 69.0 Å². The summed E-state index contributed by atoms with van der Waals surface area (Å²) in [6.07, 6.45) is 5.82. The second-order valence-electron chi connectivity index (χ2n) is 9.19. The van der Waals surface area contributed by atoms with Crippen LogP contribution < -0.4 is 14.2 Å². The molecular weight excluding hydrogens is 449 g/mol. The molecule has 3 aromatic rings. The molecule has 1 aliphatic rings. The van der Waals surface area contributed by atoms with Crippen molar-refractivity contribution in [2.75, 3.05) is 33.4 Å². The van der Waals surface area contributed by atoms with E-state index in [1.165, 1.54) is 6.07 Å². The Morgan fingerprint density at radius 3 is 2.69 bits per heavy atom. The molecule has 0 bridgehead atoms. The van der Waals surface area contributed by atoms with Crippen molar-refractivity contribution < 1.29 is 23.7 Å². The number of halogens is 1. The van der Waals surface area contributed by atoms with Crippen LogP contribution in [0.5, 0.6) is 17.2 Å². The van der Waals surface area contributed by atoms with Crippen molar-refractivity contribution in [1.82, 2.24) is 14.7 Å². The Morgan fingerprint density at radius 2 is 1.91 bits per heavy atom. The Hall–Kier alpha value is -3.10. The smallest absolute Gasteiger partial charge is 0.165 e. The first kappa shape index (κ1) is 25.0. The monoisotopic (exact) mass is 483 g/mol. The zero-order chi connectivity index (χ0) is 24.7. The number of para-hydroxylation sites is 1. The van der Waals surface area contributed by atoms with Crippen molar-refractivity contribution in [3.05, 3.63) is 71.8 Å². The zero-order valence-electron chi connectivity index (χ0n) is 20.5. The second-order valence-corrected chi connectivity index (χ2v) is 9.19. The van der Waals surface area contributed by atoms with Gasteiger partial charge in [-0.1, -0.05) is 18.2 Å². The molecule has 1 aliphatic heterocycles. The Bertz CT molecular complexity index is 1110. The molecular formula is C27H34FN3O4. The third-order valence-electron chi connectivity index (χ3n) is 6.32. The molecule has 0 spiro atoms. The van der Waals surface area contributed by atoms with Gasteiger partial charge in [-0.2, -0.15) is 5.10 Å². The van der Waals surface area contributed by atoms with Crippen LogP contribution in [0.25, 0.3) is 0 Å². The number of methoxy groups -OCH3 is 1. The molecule has 1 N–H and O–H groups in total. The van der Waals surface area contributed by atoms with E-state index in [9.17, 15) is 9.50 Å². The van der Waals surface area contributed by atoms with Gasteiger partial charge in [0.1, 0.15) is 13.2 Å². The van der Waals surface area contributed by atoms with Crippen LogP contribution in [0.15, 0.2) is 54.9 Å². The number of hydrogen-bond acceptors (Lipinski definition) is 6. The largest absolute Gasteiger partial charge is 0.493 e. The van der Waals surface area contributed by atoms with Gasteiger partial charge in [-0.3, -0.25) is 9.58 Å². The maximum atomic E-state index is 13.9. The van der Waals surface area contributed by atoms with Crippen molar-refractivity contribution in [3.63, 3.8) is 0 Å². The quantitative estimate of drug-likeness (QED) is 0.466. The van der Waals surface area contributed by atoms with Crippen molar-refractivity contribution in [2.45, 2.75) is 44.9 Å². The predicted molar refractivity (Wildman–Crippen MR) is 131 cm³/mol. The van der Waals surface area contributed by atoms with Crippen LogP contribution >= 0.6 is 0 Å². The number of nitrogens with zero attached hydrogens (tertiary/aromatic N) is 3. The number of hydrogen-bond donors (Lipinski definition) is 1. The summed E-state index contributed by atoms with van der Waals surface area (Å²) in [5.41, 5.74) is 1.26. The van der Waals surface area contributed by atoms with Gasteiger partial charge in [0, 0.05) is 19.3 Å². The summed E-state index contributed by atoms with van der Waals surface area (Å²) < 4.78 is 32.9. The molecule has 7 nitrogen and oxygen atoms in total. The number of rotatable bonds is 10. The van der Waals surface area contributed by atoms with Crippen molar-refractivity contribution in [3.8, 4) is 17.2 Å². The summed E-state index contributed by atoms with van der Waals surface area (Å²) in [5, 5.41) is 15.4. The first-order chi connectivity index (χ1) is 16.9. The number of aromatic nitrogens is 2. The van der Waals surface area contributed by atoms with Crippen molar-refractivity contribution in [2.24, 2.45) is 0 Å². The van der Waals surface area contributed by atoms with Gasteiger partial charge in [0.05, 0.1) is 25.5 Å².